The zero-order valence-corrected chi connectivity index (χ0v) is 13.9. The molecule has 6 heteroatoms. The maximum absolute atomic E-state index is 12.2. The second-order valence-corrected chi connectivity index (χ2v) is 7.17. The van der Waals surface area contributed by atoms with E-state index >= 15 is 0 Å². The van der Waals surface area contributed by atoms with Crippen LogP contribution < -0.4 is 0 Å². The molecule has 0 aliphatic heterocycles. The second-order valence-electron chi connectivity index (χ2n) is 4.04. The molecule has 2 nitrogen and oxygen atoms in total. The van der Waals surface area contributed by atoms with E-state index in [2.05, 4.69) is 15.9 Å². The Bertz CT molecular complexity index is 614. The minimum absolute atomic E-state index is 0.0343. The van der Waals surface area contributed by atoms with Gasteiger partial charge in [-0.3, -0.25) is 4.79 Å². The van der Waals surface area contributed by atoms with Gasteiger partial charge in [0.2, 0.25) is 0 Å². The van der Waals surface area contributed by atoms with Crippen LogP contribution in [0.5, 0.6) is 0 Å². The highest BCUT2D eigenvalue weighted by molar-refractivity contribution is 9.11. The number of hydrogen-bond donors (Lipinski definition) is 0. The van der Waals surface area contributed by atoms with Crippen molar-refractivity contribution in [3.63, 3.8) is 0 Å². The van der Waals surface area contributed by atoms with Crippen molar-refractivity contribution in [3.8, 4) is 0 Å². The molecule has 0 saturated heterocycles. The van der Waals surface area contributed by atoms with Crippen molar-refractivity contribution in [1.82, 2.24) is 4.90 Å². The summed E-state index contributed by atoms with van der Waals surface area (Å²) in [6.45, 7) is 0.447. The molecule has 1 heterocycles. The Morgan fingerprint density at radius 2 is 2.11 bits per heavy atom. The van der Waals surface area contributed by atoms with Crippen molar-refractivity contribution < 1.29 is 4.79 Å². The number of halogens is 3. The van der Waals surface area contributed by atoms with Crippen molar-refractivity contribution in [2.24, 2.45) is 0 Å². The topological polar surface area (TPSA) is 20.3 Å². The molecule has 19 heavy (non-hydrogen) atoms. The first-order valence-electron chi connectivity index (χ1n) is 5.41. The quantitative estimate of drug-likeness (QED) is 0.728. The molecule has 2 aromatic rings. The summed E-state index contributed by atoms with van der Waals surface area (Å²) in [4.78, 5) is 13.8. The van der Waals surface area contributed by atoms with Crippen LogP contribution in [0.4, 0.5) is 0 Å². The van der Waals surface area contributed by atoms with Crippen LogP contribution >= 0.6 is 50.5 Å². The van der Waals surface area contributed by atoms with Gasteiger partial charge >= 0.3 is 0 Å². The van der Waals surface area contributed by atoms with Gasteiger partial charge in [-0.2, -0.15) is 0 Å². The van der Waals surface area contributed by atoms with Crippen LogP contribution in [0.1, 0.15) is 15.9 Å². The summed E-state index contributed by atoms with van der Waals surface area (Å²) in [5, 5.41) is 2.98. The van der Waals surface area contributed by atoms with Crippen molar-refractivity contribution in [2.45, 2.75) is 6.54 Å². The van der Waals surface area contributed by atoms with E-state index < -0.39 is 0 Å². The molecule has 2 rings (SSSR count). The summed E-state index contributed by atoms with van der Waals surface area (Å²) < 4.78 is 0.939. The molecule has 100 valence electrons. The van der Waals surface area contributed by atoms with Gasteiger partial charge in [-0.25, -0.2) is 0 Å². The van der Waals surface area contributed by atoms with Gasteiger partial charge in [-0.15, -0.1) is 11.3 Å². The standard InChI is InChI=1S/C13H10BrCl2NOS/c1-17(13(18)9-4-12(14)19-7-9)6-8-2-3-10(15)5-11(8)16/h2-5,7H,6H2,1H3. The molecule has 1 amide bonds. The first-order chi connectivity index (χ1) is 8.97. The summed E-state index contributed by atoms with van der Waals surface area (Å²) >= 11 is 16.8. The molecule has 0 atom stereocenters. The summed E-state index contributed by atoms with van der Waals surface area (Å²) in [6, 6.07) is 7.09. The Labute approximate surface area is 134 Å². The van der Waals surface area contributed by atoms with Crippen molar-refractivity contribution in [1.29, 1.82) is 0 Å². The zero-order chi connectivity index (χ0) is 14.0. The van der Waals surface area contributed by atoms with Crippen LogP contribution in [-0.2, 0) is 6.54 Å². The van der Waals surface area contributed by atoms with Crippen LogP contribution in [0, 0.1) is 0 Å². The van der Waals surface area contributed by atoms with E-state index in [-0.39, 0.29) is 5.91 Å². The number of amides is 1. The van der Waals surface area contributed by atoms with Gasteiger partial charge in [-0.1, -0.05) is 29.3 Å². The van der Waals surface area contributed by atoms with E-state index in [1.165, 1.54) is 11.3 Å². The van der Waals surface area contributed by atoms with Crippen molar-refractivity contribution in [3.05, 3.63) is 54.6 Å². The van der Waals surface area contributed by atoms with Gasteiger partial charge in [0.1, 0.15) is 0 Å². The summed E-state index contributed by atoms with van der Waals surface area (Å²) in [6.07, 6.45) is 0. The Hall–Kier alpha value is -0.550. The number of rotatable bonds is 3. The van der Waals surface area contributed by atoms with Gasteiger partial charge in [0.25, 0.3) is 5.91 Å². The van der Waals surface area contributed by atoms with E-state index in [1.54, 1.807) is 24.1 Å². The predicted molar refractivity (Wildman–Crippen MR) is 84.3 cm³/mol. The number of hydrogen-bond acceptors (Lipinski definition) is 2. The highest BCUT2D eigenvalue weighted by Crippen LogP contribution is 2.24. The fourth-order valence-corrected chi connectivity index (χ4v) is 3.22. The van der Waals surface area contributed by atoms with Gasteiger partial charge in [0, 0.05) is 29.0 Å². The van der Waals surface area contributed by atoms with Gasteiger partial charge in [-0.05, 0) is 39.7 Å². The highest BCUT2D eigenvalue weighted by Gasteiger charge is 2.14. The Morgan fingerprint density at radius 3 is 2.68 bits per heavy atom. The number of nitrogens with zero attached hydrogens (tertiary/aromatic N) is 1. The first kappa shape index (κ1) is 14.9. The highest BCUT2D eigenvalue weighted by atomic mass is 79.9. The number of carbonyl (C=O) groups excluding carboxylic acids is 1. The first-order valence-corrected chi connectivity index (χ1v) is 7.83. The number of thiophene rings is 1. The van der Waals surface area contributed by atoms with Gasteiger partial charge in [0.15, 0.2) is 0 Å². The Balaban J connectivity index is 2.12. The smallest absolute Gasteiger partial charge is 0.254 e. The third kappa shape index (κ3) is 3.72. The summed E-state index contributed by atoms with van der Waals surface area (Å²) in [5.74, 6) is -0.0343. The molecule has 0 aliphatic carbocycles. The molecular formula is C13H10BrCl2NOS. The summed E-state index contributed by atoms with van der Waals surface area (Å²) in [7, 11) is 1.75. The largest absolute Gasteiger partial charge is 0.337 e. The average Bonchev–Trinajstić information content (AvgIpc) is 2.78. The van der Waals surface area contributed by atoms with E-state index in [4.69, 9.17) is 23.2 Å². The van der Waals surface area contributed by atoms with Crippen LogP contribution in [0.3, 0.4) is 0 Å². The van der Waals surface area contributed by atoms with Crippen molar-refractivity contribution >= 4 is 56.4 Å². The molecule has 0 saturated carbocycles. The molecule has 0 bridgehead atoms. The lowest BCUT2D eigenvalue weighted by atomic mass is 10.2. The van der Waals surface area contributed by atoms with Gasteiger partial charge in [0.05, 0.1) is 9.35 Å². The Morgan fingerprint density at radius 1 is 1.37 bits per heavy atom. The number of carbonyl (C=O) groups is 1. The molecule has 0 unspecified atom stereocenters. The average molecular weight is 379 g/mol. The molecule has 1 aromatic heterocycles. The van der Waals surface area contributed by atoms with E-state index in [0.29, 0.717) is 22.2 Å². The van der Waals surface area contributed by atoms with Crippen LogP contribution in [0.25, 0.3) is 0 Å². The van der Waals surface area contributed by atoms with Crippen LogP contribution in [0.15, 0.2) is 33.4 Å². The molecule has 0 N–H and O–H groups in total. The third-order valence-electron chi connectivity index (χ3n) is 2.58. The molecule has 0 radical (unpaired) electrons. The Kier molecular flexibility index (Phi) is 4.90. The van der Waals surface area contributed by atoms with E-state index in [9.17, 15) is 4.79 Å². The lowest BCUT2D eigenvalue weighted by Gasteiger charge is -2.17. The molecule has 0 fully saturated rings. The maximum atomic E-state index is 12.2. The normalized spacial score (nSPS) is 10.5. The fourth-order valence-electron chi connectivity index (χ4n) is 1.62. The zero-order valence-electron chi connectivity index (χ0n) is 9.99. The monoisotopic (exact) mass is 377 g/mol. The fraction of sp³-hybridized carbons (Fsp3) is 0.154. The summed E-state index contributed by atoms with van der Waals surface area (Å²) in [5.41, 5.74) is 1.54. The SMILES string of the molecule is CN(Cc1ccc(Cl)cc1Cl)C(=O)c1csc(Br)c1. The minimum atomic E-state index is -0.0343. The maximum Gasteiger partial charge on any atom is 0.254 e. The van der Waals surface area contributed by atoms with Crippen LogP contribution in [0.2, 0.25) is 10.0 Å². The van der Waals surface area contributed by atoms with Gasteiger partial charge < -0.3 is 4.90 Å². The van der Waals surface area contributed by atoms with E-state index in [1.807, 2.05) is 17.5 Å². The molecule has 0 spiro atoms. The number of benzene rings is 1. The van der Waals surface area contributed by atoms with E-state index in [0.717, 1.165) is 9.35 Å². The lowest BCUT2D eigenvalue weighted by molar-refractivity contribution is 0.0785. The second kappa shape index (κ2) is 6.27. The molecule has 1 aromatic carbocycles. The molecular weight excluding hydrogens is 369 g/mol. The minimum Gasteiger partial charge on any atom is -0.337 e. The van der Waals surface area contributed by atoms with Crippen LogP contribution in [-0.4, -0.2) is 17.9 Å². The third-order valence-corrected chi connectivity index (χ3v) is 4.68. The molecule has 0 aliphatic rings. The predicted octanol–water partition coefficient (Wildman–Crippen LogP) is 5.09. The van der Waals surface area contributed by atoms with Crippen molar-refractivity contribution in [2.75, 3.05) is 7.05 Å². The lowest BCUT2D eigenvalue weighted by Crippen LogP contribution is -2.25.